The standard InChI is InChI=1S/C28H36F4N4O5/c1-16(2)22(33-23(37)20-15-17(28(30,31)32)5-10-21(20)29)24(38)35-13-11-27(12-14-35)25(39)34(3)26(40)36(27)18-6-8-19(41-4)9-7-18/h5,10,15-16,18-19,22H,6-9,11-14H2,1-4H3,(H,33,37)/t18?,19?,22-/m1/s1. The Hall–Kier alpha value is -3.22. The van der Waals surface area contributed by atoms with E-state index in [2.05, 4.69) is 5.32 Å². The summed E-state index contributed by atoms with van der Waals surface area (Å²) in [5.74, 6) is -3.54. The van der Waals surface area contributed by atoms with E-state index in [0.717, 1.165) is 17.7 Å². The van der Waals surface area contributed by atoms with E-state index >= 15 is 0 Å². The number of hydrogen-bond acceptors (Lipinski definition) is 5. The van der Waals surface area contributed by atoms with Crippen molar-refractivity contribution in [2.75, 3.05) is 27.2 Å². The number of alkyl halides is 3. The number of methoxy groups -OCH3 is 1. The Morgan fingerprint density at radius 2 is 1.68 bits per heavy atom. The maximum absolute atomic E-state index is 14.3. The van der Waals surface area contributed by atoms with Crippen LogP contribution in [0.2, 0.25) is 0 Å². The van der Waals surface area contributed by atoms with E-state index in [4.69, 9.17) is 4.74 Å². The van der Waals surface area contributed by atoms with Gasteiger partial charge in [0.25, 0.3) is 11.8 Å². The van der Waals surface area contributed by atoms with Crippen LogP contribution in [0.1, 0.15) is 68.3 Å². The maximum atomic E-state index is 14.3. The molecule has 2 aliphatic heterocycles. The molecule has 1 atom stereocenters. The van der Waals surface area contributed by atoms with Gasteiger partial charge in [0, 0.05) is 33.3 Å². The largest absolute Gasteiger partial charge is 0.416 e. The fourth-order valence-electron chi connectivity index (χ4n) is 6.25. The molecule has 1 aromatic carbocycles. The number of imide groups is 1. The van der Waals surface area contributed by atoms with Gasteiger partial charge in [-0.1, -0.05) is 13.8 Å². The molecule has 9 nitrogen and oxygen atoms in total. The number of nitrogens with zero attached hydrogens (tertiary/aromatic N) is 3. The number of carbonyl (C=O) groups excluding carboxylic acids is 4. The second kappa shape index (κ2) is 11.6. The summed E-state index contributed by atoms with van der Waals surface area (Å²) < 4.78 is 59.2. The van der Waals surface area contributed by atoms with Crippen molar-refractivity contribution in [1.29, 1.82) is 0 Å². The van der Waals surface area contributed by atoms with Gasteiger partial charge >= 0.3 is 12.2 Å². The first-order valence-electron chi connectivity index (χ1n) is 13.8. The highest BCUT2D eigenvalue weighted by Crippen LogP contribution is 2.41. The molecule has 4 rings (SSSR count). The van der Waals surface area contributed by atoms with Crippen LogP contribution in [0.3, 0.4) is 0 Å². The molecule has 13 heteroatoms. The van der Waals surface area contributed by atoms with Crippen molar-refractivity contribution < 1.29 is 41.5 Å². The molecule has 1 N–H and O–H groups in total. The molecule has 5 amide bonds. The third-order valence-electron chi connectivity index (χ3n) is 8.66. The van der Waals surface area contributed by atoms with E-state index in [1.54, 1.807) is 25.9 Å². The van der Waals surface area contributed by atoms with E-state index in [1.807, 2.05) is 0 Å². The summed E-state index contributed by atoms with van der Waals surface area (Å²) in [6.45, 7) is 3.57. The molecular formula is C28H36F4N4O5. The van der Waals surface area contributed by atoms with Gasteiger partial charge in [0.2, 0.25) is 5.91 Å². The van der Waals surface area contributed by atoms with Gasteiger partial charge in [0.05, 0.1) is 17.2 Å². The Balaban J connectivity index is 1.48. The lowest BCUT2D eigenvalue weighted by atomic mass is 9.82. The third-order valence-corrected chi connectivity index (χ3v) is 8.66. The van der Waals surface area contributed by atoms with Crippen LogP contribution >= 0.6 is 0 Å². The number of likely N-dealkylation sites (N-methyl/N-ethyl adjacent to an activating group) is 1. The van der Waals surface area contributed by atoms with Crippen molar-refractivity contribution >= 4 is 23.8 Å². The van der Waals surface area contributed by atoms with Crippen LogP contribution in [0, 0.1) is 11.7 Å². The molecule has 2 heterocycles. The van der Waals surface area contributed by atoms with E-state index in [-0.39, 0.29) is 50.0 Å². The molecule has 0 bridgehead atoms. The number of amides is 5. The molecule has 2 saturated heterocycles. The first-order chi connectivity index (χ1) is 19.2. The number of halogens is 4. The number of rotatable bonds is 6. The average molecular weight is 585 g/mol. The SMILES string of the molecule is COC1CCC(N2C(=O)N(C)C(=O)C23CCN(C(=O)[C@H](NC(=O)c2cc(C(F)(F)F)ccc2F)C(C)C)CC3)CC1. The Morgan fingerprint density at radius 3 is 2.22 bits per heavy atom. The van der Waals surface area contributed by atoms with Crippen LogP contribution < -0.4 is 5.32 Å². The molecule has 0 radical (unpaired) electrons. The minimum Gasteiger partial charge on any atom is -0.381 e. The fraction of sp³-hybridized carbons (Fsp3) is 0.643. The number of urea groups is 1. The van der Waals surface area contributed by atoms with Gasteiger partial charge < -0.3 is 19.9 Å². The Kier molecular flexibility index (Phi) is 8.68. The first-order valence-corrected chi connectivity index (χ1v) is 13.8. The normalized spacial score (nSPS) is 23.9. The lowest BCUT2D eigenvalue weighted by Crippen LogP contribution is -2.62. The van der Waals surface area contributed by atoms with Crippen molar-refractivity contribution in [3.8, 4) is 0 Å². The summed E-state index contributed by atoms with van der Waals surface area (Å²) in [6, 6.07) is -0.0979. The van der Waals surface area contributed by atoms with Crippen molar-refractivity contribution in [3.63, 3.8) is 0 Å². The van der Waals surface area contributed by atoms with E-state index in [0.29, 0.717) is 31.0 Å². The van der Waals surface area contributed by atoms with Gasteiger partial charge in [-0.15, -0.1) is 0 Å². The number of nitrogens with one attached hydrogen (secondary N) is 1. The molecule has 1 aliphatic carbocycles. The summed E-state index contributed by atoms with van der Waals surface area (Å²) in [7, 11) is 3.11. The lowest BCUT2D eigenvalue weighted by Gasteiger charge is -2.47. The summed E-state index contributed by atoms with van der Waals surface area (Å²) in [5, 5.41) is 2.41. The predicted molar refractivity (Wildman–Crippen MR) is 139 cm³/mol. The van der Waals surface area contributed by atoms with Crippen LogP contribution in [-0.4, -0.2) is 89.4 Å². The highest BCUT2D eigenvalue weighted by Gasteiger charge is 2.59. The molecule has 0 aromatic heterocycles. The summed E-state index contributed by atoms with van der Waals surface area (Å²) >= 11 is 0. The molecule has 3 fully saturated rings. The lowest BCUT2D eigenvalue weighted by molar-refractivity contribution is -0.143. The molecule has 41 heavy (non-hydrogen) atoms. The monoisotopic (exact) mass is 584 g/mol. The van der Waals surface area contributed by atoms with Crippen molar-refractivity contribution in [3.05, 3.63) is 35.1 Å². The summed E-state index contributed by atoms with van der Waals surface area (Å²) in [5.41, 5.74) is -3.07. The first kappa shape index (κ1) is 30.7. The number of piperidine rings is 1. The van der Waals surface area contributed by atoms with E-state index in [1.165, 1.54) is 11.9 Å². The second-order valence-corrected chi connectivity index (χ2v) is 11.4. The average Bonchev–Trinajstić information content (AvgIpc) is 3.11. The third kappa shape index (κ3) is 5.77. The van der Waals surface area contributed by atoms with Gasteiger partial charge in [-0.25, -0.2) is 9.18 Å². The molecule has 3 aliphatic rings. The van der Waals surface area contributed by atoms with Gasteiger partial charge in [-0.3, -0.25) is 19.3 Å². The zero-order chi connectivity index (χ0) is 30.3. The number of likely N-dealkylation sites (tertiary alicyclic amines) is 1. The molecular weight excluding hydrogens is 548 g/mol. The quantitative estimate of drug-likeness (QED) is 0.405. The zero-order valence-corrected chi connectivity index (χ0v) is 23.6. The van der Waals surface area contributed by atoms with Gasteiger partial charge in [-0.05, 0) is 62.6 Å². The Morgan fingerprint density at radius 1 is 1.07 bits per heavy atom. The topological polar surface area (TPSA) is 99.3 Å². The van der Waals surface area contributed by atoms with E-state index < -0.39 is 52.4 Å². The van der Waals surface area contributed by atoms with Gasteiger partial charge in [-0.2, -0.15) is 13.2 Å². The highest BCUT2D eigenvalue weighted by molar-refractivity contribution is 6.07. The zero-order valence-electron chi connectivity index (χ0n) is 23.6. The Labute approximate surface area is 236 Å². The van der Waals surface area contributed by atoms with Crippen molar-refractivity contribution in [2.45, 2.75) is 82.3 Å². The molecule has 1 spiro atoms. The number of carbonyl (C=O) groups is 4. The van der Waals surface area contributed by atoms with Crippen LogP contribution in [0.4, 0.5) is 22.4 Å². The van der Waals surface area contributed by atoms with E-state index in [9.17, 15) is 36.7 Å². The summed E-state index contributed by atoms with van der Waals surface area (Å²) in [4.78, 5) is 57.3. The predicted octanol–water partition coefficient (Wildman–Crippen LogP) is 3.81. The van der Waals surface area contributed by atoms with Crippen molar-refractivity contribution in [1.82, 2.24) is 20.0 Å². The van der Waals surface area contributed by atoms with Gasteiger partial charge in [0.15, 0.2) is 0 Å². The Bertz CT molecular complexity index is 1190. The molecule has 1 saturated carbocycles. The highest BCUT2D eigenvalue weighted by atomic mass is 19.4. The number of hydrogen-bond donors (Lipinski definition) is 1. The van der Waals surface area contributed by atoms with Crippen LogP contribution in [0.25, 0.3) is 0 Å². The second-order valence-electron chi connectivity index (χ2n) is 11.4. The number of benzene rings is 1. The maximum Gasteiger partial charge on any atom is 0.416 e. The molecule has 226 valence electrons. The fourth-order valence-corrected chi connectivity index (χ4v) is 6.25. The van der Waals surface area contributed by atoms with Gasteiger partial charge in [0.1, 0.15) is 17.4 Å². The smallest absolute Gasteiger partial charge is 0.381 e. The van der Waals surface area contributed by atoms with Crippen LogP contribution in [-0.2, 0) is 20.5 Å². The number of ether oxygens (including phenoxy) is 1. The molecule has 1 aromatic rings. The van der Waals surface area contributed by atoms with Crippen LogP contribution in [0.5, 0.6) is 0 Å². The van der Waals surface area contributed by atoms with Crippen molar-refractivity contribution in [2.24, 2.45) is 5.92 Å². The minimum absolute atomic E-state index is 0.111. The summed E-state index contributed by atoms with van der Waals surface area (Å²) in [6.07, 6.45) is -1.31. The molecule has 0 unspecified atom stereocenters. The van der Waals surface area contributed by atoms with Crippen LogP contribution in [0.15, 0.2) is 18.2 Å². The minimum atomic E-state index is -4.77.